The summed E-state index contributed by atoms with van der Waals surface area (Å²) in [4.78, 5) is 2.50. The van der Waals surface area contributed by atoms with Crippen LogP contribution in [0.3, 0.4) is 0 Å². The van der Waals surface area contributed by atoms with Gasteiger partial charge in [0, 0.05) is 47.9 Å². The third-order valence-electron chi connectivity index (χ3n) is 11.5. The lowest BCUT2D eigenvalue weighted by Crippen LogP contribution is -2.17. The zero-order valence-electron chi connectivity index (χ0n) is 28.8. The molecule has 7 aromatic carbocycles. The molecule has 2 aliphatic carbocycles. The molecule has 1 heterocycles. The summed E-state index contributed by atoms with van der Waals surface area (Å²) in [5, 5.41) is 2.64. The second-order valence-electron chi connectivity index (χ2n) is 15.0. The van der Waals surface area contributed by atoms with Crippen molar-refractivity contribution in [3.8, 4) is 33.4 Å². The number of para-hydroxylation sites is 1. The fourth-order valence-corrected chi connectivity index (χ4v) is 10.00. The maximum Gasteiger partial charge on any atom is 0.0540 e. The Bertz CT molecular complexity index is 2670. The van der Waals surface area contributed by atoms with Gasteiger partial charge in [0.1, 0.15) is 0 Å². The molecule has 0 bridgehead atoms. The van der Waals surface area contributed by atoms with Crippen LogP contribution in [0.1, 0.15) is 57.4 Å². The van der Waals surface area contributed by atoms with Crippen molar-refractivity contribution in [2.45, 2.75) is 46.0 Å². The average Bonchev–Trinajstić information content (AvgIpc) is 3.71. The summed E-state index contributed by atoms with van der Waals surface area (Å²) >= 11 is 1.87. The van der Waals surface area contributed by atoms with Crippen LogP contribution < -0.4 is 4.90 Å². The Morgan fingerprint density at radius 2 is 0.961 bits per heavy atom. The second kappa shape index (κ2) is 11.3. The number of anilines is 3. The third kappa shape index (κ3) is 4.52. The van der Waals surface area contributed by atoms with E-state index >= 15 is 0 Å². The average molecular weight is 676 g/mol. The highest BCUT2D eigenvalue weighted by atomic mass is 32.1. The van der Waals surface area contributed by atoms with Crippen molar-refractivity contribution >= 4 is 48.6 Å². The zero-order valence-corrected chi connectivity index (χ0v) is 29.6. The maximum atomic E-state index is 2.50. The van der Waals surface area contributed by atoms with Crippen molar-refractivity contribution in [1.29, 1.82) is 0 Å². The van der Waals surface area contributed by atoms with E-state index in [-0.39, 0.29) is 18.3 Å². The highest BCUT2D eigenvalue weighted by molar-refractivity contribution is 7.25. The lowest BCUT2D eigenvalue weighted by Gasteiger charge is -2.30. The Morgan fingerprint density at radius 3 is 1.75 bits per heavy atom. The molecule has 10 rings (SSSR count). The summed E-state index contributed by atoms with van der Waals surface area (Å²) in [5.74, 6) is 0. The molecular weight excluding hydrogens is 635 g/mol. The van der Waals surface area contributed by atoms with E-state index in [1.807, 2.05) is 11.3 Å². The number of benzene rings is 7. The monoisotopic (exact) mass is 675 g/mol. The van der Waals surface area contributed by atoms with E-state index < -0.39 is 0 Å². The lowest BCUT2D eigenvalue weighted by molar-refractivity contribution is 0.660. The molecule has 51 heavy (non-hydrogen) atoms. The van der Waals surface area contributed by atoms with Gasteiger partial charge in [-0.05, 0) is 98.6 Å². The van der Waals surface area contributed by atoms with Gasteiger partial charge in [-0.2, -0.15) is 0 Å². The van der Waals surface area contributed by atoms with Crippen LogP contribution in [0.4, 0.5) is 17.1 Å². The van der Waals surface area contributed by atoms with Gasteiger partial charge in [-0.3, -0.25) is 0 Å². The number of thiophene rings is 1. The van der Waals surface area contributed by atoms with Crippen molar-refractivity contribution in [3.63, 3.8) is 0 Å². The minimum absolute atomic E-state index is 0. The van der Waals surface area contributed by atoms with Crippen LogP contribution in [0.15, 0.2) is 152 Å². The number of rotatable bonds is 4. The Hall–Kier alpha value is -5.44. The van der Waals surface area contributed by atoms with Crippen LogP contribution in [0.2, 0.25) is 0 Å². The van der Waals surface area contributed by atoms with Crippen molar-refractivity contribution in [3.05, 3.63) is 174 Å². The van der Waals surface area contributed by atoms with E-state index in [0.29, 0.717) is 0 Å². The predicted octanol–water partition coefficient (Wildman–Crippen LogP) is 14.4. The highest BCUT2D eigenvalue weighted by Crippen LogP contribution is 2.54. The zero-order chi connectivity index (χ0) is 33.8. The Balaban J connectivity index is 0.00000348. The first kappa shape index (κ1) is 31.5. The molecule has 0 saturated heterocycles. The van der Waals surface area contributed by atoms with Gasteiger partial charge >= 0.3 is 0 Å². The van der Waals surface area contributed by atoms with Crippen LogP contribution in [-0.2, 0) is 10.8 Å². The molecule has 1 nitrogen and oxygen atoms in total. The van der Waals surface area contributed by atoms with Gasteiger partial charge in [0.2, 0.25) is 0 Å². The molecule has 2 aliphatic rings. The van der Waals surface area contributed by atoms with Gasteiger partial charge in [0.15, 0.2) is 0 Å². The molecule has 1 aromatic heterocycles. The summed E-state index contributed by atoms with van der Waals surface area (Å²) in [6.07, 6.45) is 0. The Kier molecular flexibility index (Phi) is 6.98. The first-order valence-electron chi connectivity index (χ1n) is 17.6. The Labute approximate surface area is 305 Å². The molecular formula is C49H41NS. The van der Waals surface area contributed by atoms with Crippen molar-refractivity contribution < 1.29 is 0 Å². The van der Waals surface area contributed by atoms with Crippen molar-refractivity contribution in [2.24, 2.45) is 0 Å². The summed E-state index contributed by atoms with van der Waals surface area (Å²) < 4.78 is 2.65. The van der Waals surface area contributed by atoms with Crippen LogP contribution in [0, 0.1) is 0 Å². The molecule has 0 unspecified atom stereocenters. The SMILES string of the molecule is C.CC1(C)c2ccccc2-c2cc(N(c3ccc4c(c3)C(C)(C)c3ccccc3-4)c3ccccc3-c3ccc4sc5ccccc5c4c3)ccc21. The smallest absolute Gasteiger partial charge is 0.0540 e. The molecule has 0 saturated carbocycles. The molecule has 248 valence electrons. The van der Waals surface area contributed by atoms with E-state index in [4.69, 9.17) is 0 Å². The van der Waals surface area contributed by atoms with Crippen LogP contribution in [0.25, 0.3) is 53.6 Å². The van der Waals surface area contributed by atoms with Crippen molar-refractivity contribution in [1.82, 2.24) is 0 Å². The molecule has 0 spiro atoms. The minimum atomic E-state index is -0.0981. The number of fused-ring (bicyclic) bond motifs is 9. The molecule has 0 radical (unpaired) electrons. The van der Waals surface area contributed by atoms with E-state index in [9.17, 15) is 0 Å². The largest absolute Gasteiger partial charge is 0.310 e. The van der Waals surface area contributed by atoms with Crippen LogP contribution in [-0.4, -0.2) is 0 Å². The normalized spacial score (nSPS) is 14.4. The fraction of sp³-hybridized carbons (Fsp3) is 0.143. The maximum absolute atomic E-state index is 2.50. The molecule has 8 aromatic rings. The van der Waals surface area contributed by atoms with Gasteiger partial charge in [0.05, 0.1) is 5.69 Å². The third-order valence-corrected chi connectivity index (χ3v) is 12.6. The van der Waals surface area contributed by atoms with Gasteiger partial charge in [-0.15, -0.1) is 11.3 Å². The molecule has 0 amide bonds. The predicted molar refractivity (Wildman–Crippen MR) is 221 cm³/mol. The minimum Gasteiger partial charge on any atom is -0.310 e. The number of hydrogen-bond donors (Lipinski definition) is 0. The molecule has 0 atom stereocenters. The first-order chi connectivity index (χ1) is 24.3. The van der Waals surface area contributed by atoms with Crippen molar-refractivity contribution in [2.75, 3.05) is 4.90 Å². The van der Waals surface area contributed by atoms with E-state index in [2.05, 4.69) is 184 Å². The van der Waals surface area contributed by atoms with E-state index in [0.717, 1.165) is 0 Å². The molecule has 0 aliphatic heterocycles. The summed E-state index contributed by atoms with van der Waals surface area (Å²) in [7, 11) is 0. The highest BCUT2D eigenvalue weighted by Gasteiger charge is 2.37. The van der Waals surface area contributed by atoms with E-state index in [1.165, 1.54) is 92.9 Å². The quantitative estimate of drug-likeness (QED) is 0.179. The molecule has 0 fully saturated rings. The number of hydrogen-bond acceptors (Lipinski definition) is 2. The molecule has 2 heteroatoms. The topological polar surface area (TPSA) is 3.24 Å². The van der Waals surface area contributed by atoms with Gasteiger partial charge in [0.25, 0.3) is 0 Å². The van der Waals surface area contributed by atoms with Gasteiger partial charge in [-0.1, -0.05) is 138 Å². The molecule has 0 N–H and O–H groups in total. The number of nitrogens with zero attached hydrogens (tertiary/aromatic N) is 1. The van der Waals surface area contributed by atoms with Crippen LogP contribution in [0.5, 0.6) is 0 Å². The summed E-state index contributed by atoms with van der Waals surface area (Å²) in [6, 6.07) is 56.9. The van der Waals surface area contributed by atoms with Crippen LogP contribution >= 0.6 is 11.3 Å². The van der Waals surface area contributed by atoms with Gasteiger partial charge in [-0.25, -0.2) is 0 Å². The summed E-state index contributed by atoms with van der Waals surface area (Å²) in [5.41, 5.74) is 16.7. The summed E-state index contributed by atoms with van der Waals surface area (Å²) in [6.45, 7) is 9.45. The first-order valence-corrected chi connectivity index (χ1v) is 18.4. The standard InChI is InChI=1S/C48H37NS.CH4/c1-47(2)41-18-10-6-15-35(41)38-28-31(23-25-42(38)47)49(32-22-24-36-34-14-5-9-17-40(34)48(3,4)43(36)29-32)44-19-11-7-13-33(44)30-21-26-46-39(27-30)37-16-8-12-20-45(37)50-46;/h5-29H,1-4H3;1H4. The fourth-order valence-electron chi connectivity index (χ4n) is 8.91. The lowest BCUT2D eigenvalue weighted by atomic mass is 9.82. The Morgan fingerprint density at radius 1 is 0.412 bits per heavy atom. The van der Waals surface area contributed by atoms with E-state index in [1.54, 1.807) is 0 Å². The van der Waals surface area contributed by atoms with Gasteiger partial charge < -0.3 is 4.90 Å². The second-order valence-corrected chi connectivity index (χ2v) is 16.0.